The first-order chi connectivity index (χ1) is 13.5. The van der Waals surface area contributed by atoms with Gasteiger partial charge in [-0.3, -0.25) is 19.9 Å². The van der Waals surface area contributed by atoms with Gasteiger partial charge in [-0.2, -0.15) is 0 Å². The van der Waals surface area contributed by atoms with E-state index in [0.717, 1.165) is 11.1 Å². The summed E-state index contributed by atoms with van der Waals surface area (Å²) in [6.45, 7) is 1.72. The third kappa shape index (κ3) is 4.91. The maximum Gasteiger partial charge on any atom is 0.273 e. The van der Waals surface area contributed by atoms with Gasteiger partial charge in [0.1, 0.15) is 5.75 Å². The number of nitrogens with one attached hydrogen (secondary N) is 1. The van der Waals surface area contributed by atoms with E-state index < -0.39 is 11.0 Å². The summed E-state index contributed by atoms with van der Waals surface area (Å²) in [5.74, 6) is -0.100. The number of ether oxygens (including phenoxy) is 1. The Labute approximate surface area is 162 Å². The molecule has 3 aromatic rings. The van der Waals surface area contributed by atoms with Gasteiger partial charge in [-0.05, 0) is 30.7 Å². The predicted molar refractivity (Wildman–Crippen MR) is 104 cm³/mol. The number of pyridine rings is 1. The topological polar surface area (TPSA) is 94.4 Å². The zero-order valence-electron chi connectivity index (χ0n) is 15.2. The van der Waals surface area contributed by atoms with Gasteiger partial charge in [-0.1, -0.05) is 42.0 Å². The van der Waals surface area contributed by atoms with E-state index in [9.17, 15) is 14.9 Å². The predicted octanol–water partition coefficient (Wildman–Crippen LogP) is 3.58. The lowest BCUT2D eigenvalue weighted by atomic mass is 10.0. The summed E-state index contributed by atoms with van der Waals surface area (Å²) >= 11 is 0. The molecule has 7 heteroatoms. The molecule has 1 amide bonds. The fraction of sp³-hybridized carbons (Fsp3) is 0.143. The maximum absolute atomic E-state index is 12.5. The third-order valence-electron chi connectivity index (χ3n) is 4.10. The lowest BCUT2D eigenvalue weighted by molar-refractivity contribution is -0.384. The molecule has 142 valence electrons. The lowest BCUT2D eigenvalue weighted by Gasteiger charge is -2.19. The number of non-ortho nitro benzene ring substituents is 1. The van der Waals surface area contributed by atoms with Crippen molar-refractivity contribution in [1.29, 1.82) is 0 Å². The number of benzene rings is 2. The Morgan fingerprint density at radius 2 is 1.93 bits per heavy atom. The van der Waals surface area contributed by atoms with Crippen LogP contribution in [0.2, 0.25) is 0 Å². The minimum Gasteiger partial charge on any atom is -0.484 e. The highest BCUT2D eigenvalue weighted by Gasteiger charge is 2.18. The Morgan fingerprint density at radius 3 is 2.61 bits per heavy atom. The van der Waals surface area contributed by atoms with Gasteiger partial charge >= 0.3 is 0 Å². The zero-order valence-corrected chi connectivity index (χ0v) is 15.2. The molecule has 0 saturated carbocycles. The van der Waals surface area contributed by atoms with Crippen LogP contribution in [0.4, 0.5) is 5.69 Å². The molecule has 0 bridgehead atoms. The summed E-state index contributed by atoms with van der Waals surface area (Å²) < 4.78 is 5.41. The number of hydrogen-bond donors (Lipinski definition) is 1. The zero-order chi connectivity index (χ0) is 19.9. The third-order valence-corrected chi connectivity index (χ3v) is 4.10. The molecule has 0 radical (unpaired) electrons. The molecular weight excluding hydrogens is 358 g/mol. The van der Waals surface area contributed by atoms with Crippen LogP contribution < -0.4 is 10.1 Å². The van der Waals surface area contributed by atoms with Crippen LogP contribution in [0, 0.1) is 17.0 Å². The second-order valence-corrected chi connectivity index (χ2v) is 6.21. The molecule has 0 aliphatic rings. The van der Waals surface area contributed by atoms with Gasteiger partial charge in [0, 0.05) is 12.3 Å². The highest BCUT2D eigenvalue weighted by Crippen LogP contribution is 2.21. The minimum absolute atomic E-state index is 0.0936. The van der Waals surface area contributed by atoms with E-state index in [0.29, 0.717) is 5.69 Å². The number of carbonyl (C=O) groups is 1. The van der Waals surface area contributed by atoms with Crippen molar-refractivity contribution in [2.75, 3.05) is 6.61 Å². The summed E-state index contributed by atoms with van der Waals surface area (Å²) in [6, 6.07) is 18.6. The van der Waals surface area contributed by atoms with Gasteiger partial charge < -0.3 is 10.1 Å². The van der Waals surface area contributed by atoms with Crippen molar-refractivity contribution in [2.45, 2.75) is 13.0 Å². The van der Waals surface area contributed by atoms with E-state index in [4.69, 9.17) is 4.74 Å². The van der Waals surface area contributed by atoms with Crippen LogP contribution in [0.5, 0.6) is 5.75 Å². The van der Waals surface area contributed by atoms with Crippen molar-refractivity contribution >= 4 is 11.6 Å². The summed E-state index contributed by atoms with van der Waals surface area (Å²) in [5.41, 5.74) is 2.62. The number of nitro benzene ring substituents is 1. The van der Waals surface area contributed by atoms with Crippen LogP contribution in [0.3, 0.4) is 0 Å². The number of aromatic nitrogens is 1. The van der Waals surface area contributed by atoms with Crippen LogP contribution in [0.1, 0.15) is 22.9 Å². The molecule has 0 fully saturated rings. The lowest BCUT2D eigenvalue weighted by Crippen LogP contribution is -2.33. The highest BCUT2D eigenvalue weighted by atomic mass is 16.6. The number of amides is 1. The number of rotatable bonds is 7. The van der Waals surface area contributed by atoms with E-state index in [1.54, 1.807) is 12.3 Å². The van der Waals surface area contributed by atoms with E-state index >= 15 is 0 Å². The van der Waals surface area contributed by atoms with E-state index in [-0.39, 0.29) is 24.0 Å². The molecule has 28 heavy (non-hydrogen) atoms. The second kappa shape index (κ2) is 8.77. The van der Waals surface area contributed by atoms with Crippen molar-refractivity contribution in [1.82, 2.24) is 10.3 Å². The van der Waals surface area contributed by atoms with Crippen LogP contribution in [-0.4, -0.2) is 22.4 Å². The highest BCUT2D eigenvalue weighted by molar-refractivity contribution is 5.78. The van der Waals surface area contributed by atoms with Crippen LogP contribution in [0.25, 0.3) is 0 Å². The first-order valence-electron chi connectivity index (χ1n) is 8.67. The molecule has 0 aliphatic heterocycles. The molecule has 1 heterocycles. The van der Waals surface area contributed by atoms with Crippen LogP contribution in [-0.2, 0) is 4.79 Å². The molecule has 3 rings (SSSR count). The van der Waals surface area contributed by atoms with E-state index in [1.165, 1.54) is 18.2 Å². The molecule has 7 nitrogen and oxygen atoms in total. The smallest absolute Gasteiger partial charge is 0.273 e. The fourth-order valence-electron chi connectivity index (χ4n) is 2.67. The van der Waals surface area contributed by atoms with Crippen molar-refractivity contribution in [3.63, 3.8) is 0 Å². The Kier molecular flexibility index (Phi) is 5.96. The van der Waals surface area contributed by atoms with Gasteiger partial charge in [0.05, 0.1) is 22.7 Å². The number of carbonyl (C=O) groups excluding carboxylic acids is 1. The van der Waals surface area contributed by atoms with E-state index in [1.807, 2.05) is 49.4 Å². The van der Waals surface area contributed by atoms with Crippen molar-refractivity contribution in [3.05, 3.63) is 99.9 Å². The van der Waals surface area contributed by atoms with Gasteiger partial charge in [0.25, 0.3) is 11.6 Å². The van der Waals surface area contributed by atoms with Gasteiger partial charge in [0.15, 0.2) is 6.61 Å². The first kappa shape index (κ1) is 19.0. The monoisotopic (exact) mass is 377 g/mol. The van der Waals surface area contributed by atoms with E-state index in [2.05, 4.69) is 10.3 Å². The maximum atomic E-state index is 12.5. The molecular formula is C21H19N3O4. The second-order valence-electron chi connectivity index (χ2n) is 6.21. The quantitative estimate of drug-likeness (QED) is 0.502. The van der Waals surface area contributed by atoms with Crippen molar-refractivity contribution in [2.24, 2.45) is 0 Å². The Balaban J connectivity index is 1.72. The van der Waals surface area contributed by atoms with Gasteiger partial charge in [-0.15, -0.1) is 0 Å². The average molecular weight is 377 g/mol. The number of aryl methyl sites for hydroxylation is 1. The molecule has 2 aromatic carbocycles. The largest absolute Gasteiger partial charge is 0.484 e. The summed E-state index contributed by atoms with van der Waals surface area (Å²) in [6.07, 6.45) is 1.67. The van der Waals surface area contributed by atoms with Gasteiger partial charge in [0.2, 0.25) is 0 Å². The molecule has 0 unspecified atom stereocenters. The standard InChI is InChI=1S/C21H19N3O4/c1-15-8-10-16(11-9-15)21(19-7-2-3-12-22-19)23-20(25)14-28-18-6-4-5-17(13-18)24(26)27/h2-13,21H,14H2,1H3,(H,23,25)/t21-/m1/s1. The Bertz CT molecular complexity index is 959. The number of nitro groups is 1. The summed E-state index contributed by atoms with van der Waals surface area (Å²) in [5, 5.41) is 13.8. The molecule has 0 spiro atoms. The Hall–Kier alpha value is -3.74. The molecule has 0 saturated heterocycles. The molecule has 1 N–H and O–H groups in total. The van der Waals surface area contributed by atoms with Gasteiger partial charge in [-0.25, -0.2) is 0 Å². The normalized spacial score (nSPS) is 11.5. The van der Waals surface area contributed by atoms with Crippen molar-refractivity contribution < 1.29 is 14.5 Å². The first-order valence-corrected chi connectivity index (χ1v) is 8.67. The SMILES string of the molecule is Cc1ccc([C@@H](NC(=O)COc2cccc([N+](=O)[O-])c2)c2ccccn2)cc1. The molecule has 1 aromatic heterocycles. The van der Waals surface area contributed by atoms with Crippen molar-refractivity contribution in [3.8, 4) is 5.75 Å². The number of nitrogens with zero attached hydrogens (tertiary/aromatic N) is 2. The molecule has 0 aliphatic carbocycles. The van der Waals surface area contributed by atoms with Crippen LogP contribution >= 0.6 is 0 Å². The minimum atomic E-state index is -0.512. The fourth-order valence-corrected chi connectivity index (χ4v) is 2.67. The summed E-state index contributed by atoms with van der Waals surface area (Å²) in [7, 11) is 0. The average Bonchev–Trinajstić information content (AvgIpc) is 2.72. The Morgan fingerprint density at radius 1 is 1.14 bits per heavy atom. The number of hydrogen-bond acceptors (Lipinski definition) is 5. The molecule has 1 atom stereocenters. The van der Waals surface area contributed by atoms with Crippen LogP contribution in [0.15, 0.2) is 72.9 Å². The summed E-state index contributed by atoms with van der Waals surface area (Å²) in [4.78, 5) is 27.1.